The molecule has 1 aliphatic heterocycles. The van der Waals surface area contributed by atoms with Crippen LogP contribution in [0.25, 0.3) is 0 Å². The molecule has 2 aromatic carbocycles. The van der Waals surface area contributed by atoms with E-state index in [1.807, 2.05) is 54.6 Å². The Balaban J connectivity index is 1.62. The van der Waals surface area contributed by atoms with Gasteiger partial charge in [-0.25, -0.2) is 0 Å². The van der Waals surface area contributed by atoms with Crippen molar-refractivity contribution in [1.29, 1.82) is 0 Å². The number of ether oxygens (including phenoxy) is 1. The highest BCUT2D eigenvalue weighted by atomic mass is 16.5. The lowest BCUT2D eigenvalue weighted by Gasteiger charge is -2.18. The second-order valence-corrected chi connectivity index (χ2v) is 5.40. The number of amides is 1. The number of rotatable bonds is 5. The Labute approximate surface area is 136 Å². The first-order chi connectivity index (χ1) is 11.3. The number of hydrogen-bond donors (Lipinski definition) is 0. The van der Waals surface area contributed by atoms with E-state index in [0.29, 0.717) is 18.8 Å². The summed E-state index contributed by atoms with van der Waals surface area (Å²) in [6.07, 6.45) is 0.990. The molecule has 0 fully saturated rings. The molecule has 0 radical (unpaired) electrons. The summed E-state index contributed by atoms with van der Waals surface area (Å²) >= 11 is 0. The summed E-state index contributed by atoms with van der Waals surface area (Å²) in [6.45, 7) is 3.39. The van der Waals surface area contributed by atoms with Crippen LogP contribution in [0.2, 0.25) is 0 Å². The lowest BCUT2D eigenvalue weighted by molar-refractivity contribution is -0.129. The lowest BCUT2D eigenvalue weighted by atomic mass is 10.2. The third-order valence-corrected chi connectivity index (χ3v) is 3.87. The van der Waals surface area contributed by atoms with Crippen molar-refractivity contribution in [3.8, 4) is 5.75 Å². The number of carbonyl (C=O) groups is 1. The molecule has 4 heteroatoms. The Morgan fingerprint density at radius 3 is 2.57 bits per heavy atom. The number of amidine groups is 1. The Kier molecular flexibility index (Phi) is 4.71. The van der Waals surface area contributed by atoms with E-state index in [-0.39, 0.29) is 12.5 Å². The molecule has 0 saturated carbocycles. The van der Waals surface area contributed by atoms with Crippen LogP contribution in [-0.2, 0) is 11.2 Å². The van der Waals surface area contributed by atoms with Crippen LogP contribution in [0.1, 0.15) is 18.1 Å². The van der Waals surface area contributed by atoms with Crippen molar-refractivity contribution >= 4 is 11.7 Å². The third-order valence-electron chi connectivity index (χ3n) is 3.87. The molecule has 4 nitrogen and oxygen atoms in total. The molecule has 0 saturated heterocycles. The zero-order chi connectivity index (χ0) is 16.1. The van der Waals surface area contributed by atoms with Gasteiger partial charge in [-0.05, 0) is 24.1 Å². The first-order valence-electron chi connectivity index (χ1n) is 7.90. The molecule has 0 N–H and O–H groups in total. The van der Waals surface area contributed by atoms with Crippen LogP contribution in [0.5, 0.6) is 5.75 Å². The molecular formula is C19H20N2O2. The summed E-state index contributed by atoms with van der Waals surface area (Å²) in [7, 11) is 0. The zero-order valence-electron chi connectivity index (χ0n) is 13.2. The van der Waals surface area contributed by atoms with Crippen molar-refractivity contribution in [3.63, 3.8) is 0 Å². The van der Waals surface area contributed by atoms with Gasteiger partial charge in [0.2, 0.25) is 0 Å². The van der Waals surface area contributed by atoms with Gasteiger partial charge in [-0.1, -0.05) is 49.4 Å². The van der Waals surface area contributed by atoms with Gasteiger partial charge in [-0.3, -0.25) is 14.7 Å². The summed E-state index contributed by atoms with van der Waals surface area (Å²) < 4.78 is 5.62. The molecule has 0 atom stereocenters. The Morgan fingerprint density at radius 2 is 1.87 bits per heavy atom. The molecule has 1 heterocycles. The van der Waals surface area contributed by atoms with E-state index >= 15 is 0 Å². The Hall–Kier alpha value is -2.62. The Bertz CT molecular complexity index is 693. The summed E-state index contributed by atoms with van der Waals surface area (Å²) in [5.74, 6) is 1.39. The largest absolute Gasteiger partial charge is 0.484 e. The Morgan fingerprint density at radius 1 is 1.13 bits per heavy atom. The SMILES string of the molecule is CCc1ccc(OCC(=O)N2CCN=C2c2ccccc2)cc1. The maximum Gasteiger partial charge on any atom is 0.266 e. The van der Waals surface area contributed by atoms with E-state index in [0.717, 1.165) is 17.8 Å². The summed E-state index contributed by atoms with van der Waals surface area (Å²) in [6, 6.07) is 17.6. The number of hydrogen-bond acceptors (Lipinski definition) is 3. The van der Waals surface area contributed by atoms with Crippen molar-refractivity contribution in [2.24, 2.45) is 4.99 Å². The average molecular weight is 308 g/mol. The predicted molar refractivity (Wildman–Crippen MR) is 90.9 cm³/mol. The fourth-order valence-corrected chi connectivity index (χ4v) is 2.57. The van der Waals surface area contributed by atoms with Crippen LogP contribution in [0.3, 0.4) is 0 Å². The van der Waals surface area contributed by atoms with Crippen LogP contribution in [0.4, 0.5) is 0 Å². The number of benzene rings is 2. The molecule has 1 aliphatic rings. The van der Waals surface area contributed by atoms with Gasteiger partial charge in [0.1, 0.15) is 11.6 Å². The van der Waals surface area contributed by atoms with Gasteiger partial charge in [0.15, 0.2) is 6.61 Å². The quantitative estimate of drug-likeness (QED) is 0.852. The summed E-state index contributed by atoms with van der Waals surface area (Å²) in [4.78, 5) is 18.6. The minimum absolute atomic E-state index is 0.0251. The van der Waals surface area contributed by atoms with Gasteiger partial charge < -0.3 is 4.74 Å². The van der Waals surface area contributed by atoms with E-state index in [2.05, 4.69) is 11.9 Å². The predicted octanol–water partition coefficient (Wildman–Crippen LogP) is 2.92. The standard InChI is InChI=1S/C19H20N2O2/c1-2-15-8-10-17(11-9-15)23-14-18(22)21-13-12-20-19(21)16-6-4-3-5-7-16/h3-11H,2,12-14H2,1H3. The minimum Gasteiger partial charge on any atom is -0.484 e. The summed E-state index contributed by atoms with van der Waals surface area (Å²) in [5.41, 5.74) is 2.22. The van der Waals surface area contributed by atoms with Gasteiger partial charge in [0, 0.05) is 12.1 Å². The van der Waals surface area contributed by atoms with Gasteiger partial charge >= 0.3 is 0 Å². The molecule has 0 spiro atoms. The van der Waals surface area contributed by atoms with Crippen LogP contribution in [0, 0.1) is 0 Å². The highest BCUT2D eigenvalue weighted by Crippen LogP contribution is 2.15. The first-order valence-corrected chi connectivity index (χ1v) is 7.90. The van der Waals surface area contributed by atoms with Crippen molar-refractivity contribution in [3.05, 3.63) is 65.7 Å². The molecule has 0 aromatic heterocycles. The normalized spacial score (nSPS) is 13.8. The van der Waals surface area contributed by atoms with E-state index in [9.17, 15) is 4.79 Å². The number of carbonyl (C=O) groups excluding carboxylic acids is 1. The number of nitrogens with zero attached hydrogens (tertiary/aromatic N) is 2. The molecule has 23 heavy (non-hydrogen) atoms. The molecule has 118 valence electrons. The molecule has 0 unspecified atom stereocenters. The molecule has 0 aliphatic carbocycles. The van der Waals surface area contributed by atoms with Gasteiger partial charge in [-0.15, -0.1) is 0 Å². The third kappa shape index (κ3) is 3.59. The van der Waals surface area contributed by atoms with Crippen LogP contribution in [-0.4, -0.2) is 36.3 Å². The molecule has 2 aromatic rings. The van der Waals surface area contributed by atoms with Gasteiger partial charge in [-0.2, -0.15) is 0 Å². The van der Waals surface area contributed by atoms with Gasteiger partial charge in [0.05, 0.1) is 6.54 Å². The second-order valence-electron chi connectivity index (χ2n) is 5.40. The topological polar surface area (TPSA) is 41.9 Å². The highest BCUT2D eigenvalue weighted by Gasteiger charge is 2.24. The first kappa shape index (κ1) is 15.3. The second kappa shape index (κ2) is 7.09. The maximum atomic E-state index is 12.4. The fourth-order valence-electron chi connectivity index (χ4n) is 2.57. The van der Waals surface area contributed by atoms with Gasteiger partial charge in [0.25, 0.3) is 5.91 Å². The van der Waals surface area contributed by atoms with E-state index in [4.69, 9.17) is 4.74 Å². The number of aliphatic imine (C=N–C) groups is 1. The van der Waals surface area contributed by atoms with Crippen LogP contribution >= 0.6 is 0 Å². The van der Waals surface area contributed by atoms with Crippen molar-refractivity contribution in [2.45, 2.75) is 13.3 Å². The molecule has 3 rings (SSSR count). The van der Waals surface area contributed by atoms with Crippen LogP contribution in [0.15, 0.2) is 59.6 Å². The smallest absolute Gasteiger partial charge is 0.266 e. The average Bonchev–Trinajstić information content (AvgIpc) is 3.11. The lowest BCUT2D eigenvalue weighted by Crippen LogP contribution is -2.38. The molecule has 1 amide bonds. The monoisotopic (exact) mass is 308 g/mol. The van der Waals surface area contributed by atoms with Crippen molar-refractivity contribution < 1.29 is 9.53 Å². The van der Waals surface area contributed by atoms with Crippen LogP contribution < -0.4 is 4.74 Å². The molecule has 0 bridgehead atoms. The summed E-state index contributed by atoms with van der Waals surface area (Å²) in [5, 5.41) is 0. The minimum atomic E-state index is -0.0651. The number of aryl methyl sites for hydroxylation is 1. The van der Waals surface area contributed by atoms with E-state index in [1.165, 1.54) is 5.56 Å². The fraction of sp³-hybridized carbons (Fsp3) is 0.263. The highest BCUT2D eigenvalue weighted by molar-refractivity contribution is 6.09. The molecular weight excluding hydrogens is 288 g/mol. The maximum absolute atomic E-state index is 12.4. The van der Waals surface area contributed by atoms with E-state index in [1.54, 1.807) is 4.90 Å². The zero-order valence-corrected chi connectivity index (χ0v) is 13.2. The van der Waals surface area contributed by atoms with Crippen molar-refractivity contribution in [2.75, 3.05) is 19.7 Å². The van der Waals surface area contributed by atoms with Crippen molar-refractivity contribution in [1.82, 2.24) is 4.90 Å². The van der Waals surface area contributed by atoms with E-state index < -0.39 is 0 Å².